The maximum Gasteiger partial charge on any atom is 0.315 e. The minimum atomic E-state index is -0.608. The number of urea groups is 1. The van der Waals surface area contributed by atoms with Gasteiger partial charge in [-0.3, -0.25) is 0 Å². The Labute approximate surface area is 104 Å². The Balaban J connectivity index is 2.25. The van der Waals surface area contributed by atoms with Gasteiger partial charge in [-0.25, -0.2) is 4.79 Å². The lowest BCUT2D eigenvalue weighted by atomic mass is 10.1. The van der Waals surface area contributed by atoms with Crippen molar-refractivity contribution < 1.29 is 9.90 Å². The van der Waals surface area contributed by atoms with Crippen LogP contribution in [0.3, 0.4) is 0 Å². The van der Waals surface area contributed by atoms with Crippen LogP contribution < -0.4 is 10.6 Å². The van der Waals surface area contributed by atoms with Crippen LogP contribution >= 0.6 is 11.3 Å². The van der Waals surface area contributed by atoms with Gasteiger partial charge < -0.3 is 15.7 Å². The van der Waals surface area contributed by atoms with E-state index in [1.807, 2.05) is 6.92 Å². The van der Waals surface area contributed by atoms with Gasteiger partial charge in [-0.05, 0) is 20.8 Å². The first-order valence-corrected chi connectivity index (χ1v) is 6.20. The Hall–Kier alpha value is -1.21. The molecule has 0 atom stereocenters. The lowest BCUT2D eigenvalue weighted by molar-refractivity contribution is 0.182. The summed E-state index contributed by atoms with van der Waals surface area (Å²) < 4.78 is 0. The molecule has 0 fully saturated rings. The number of rotatable bonds is 5. The highest BCUT2D eigenvalue weighted by atomic mass is 32.1. The smallest absolute Gasteiger partial charge is 0.315 e. The van der Waals surface area contributed by atoms with Gasteiger partial charge in [0.2, 0.25) is 0 Å². The molecule has 0 aromatic carbocycles. The van der Waals surface area contributed by atoms with E-state index in [9.17, 15) is 4.79 Å². The van der Waals surface area contributed by atoms with Crippen LogP contribution in [0, 0.1) is 6.92 Å². The van der Waals surface area contributed by atoms with Crippen LogP contribution in [0.1, 0.15) is 23.9 Å². The van der Waals surface area contributed by atoms with E-state index in [2.05, 4.69) is 20.8 Å². The van der Waals surface area contributed by atoms with Crippen LogP contribution in [0.5, 0.6) is 0 Å². The van der Waals surface area contributed by atoms with Crippen LogP contribution in [0.25, 0.3) is 0 Å². The van der Waals surface area contributed by atoms with E-state index in [1.165, 1.54) is 11.3 Å². The van der Waals surface area contributed by atoms with Crippen molar-refractivity contribution in [1.29, 1.82) is 0 Å². The number of aryl methyl sites for hydroxylation is 1. The van der Waals surface area contributed by atoms with E-state index >= 15 is 0 Å². The van der Waals surface area contributed by atoms with Crippen molar-refractivity contribution in [2.75, 3.05) is 13.2 Å². The summed E-state index contributed by atoms with van der Waals surface area (Å²) in [6.07, 6.45) is 0.665. The Morgan fingerprint density at radius 2 is 2.18 bits per heavy atom. The molecule has 0 saturated heterocycles. The van der Waals surface area contributed by atoms with Gasteiger partial charge in [-0.15, -0.1) is 21.5 Å². The minimum Gasteiger partial charge on any atom is -0.394 e. The first-order chi connectivity index (χ1) is 7.93. The lowest BCUT2D eigenvalue weighted by Crippen LogP contribution is -2.50. The number of hydrogen-bond acceptors (Lipinski definition) is 5. The Kier molecular flexibility index (Phi) is 4.83. The van der Waals surface area contributed by atoms with E-state index < -0.39 is 5.54 Å². The number of aliphatic hydroxyl groups excluding tert-OH is 1. The second-order valence-corrected chi connectivity index (χ2v) is 5.65. The monoisotopic (exact) mass is 258 g/mol. The van der Waals surface area contributed by atoms with Crippen molar-refractivity contribution in [2.24, 2.45) is 0 Å². The minimum absolute atomic E-state index is 0.101. The summed E-state index contributed by atoms with van der Waals surface area (Å²) in [7, 11) is 0. The third kappa shape index (κ3) is 5.10. The lowest BCUT2D eigenvalue weighted by Gasteiger charge is -2.23. The zero-order valence-corrected chi connectivity index (χ0v) is 11.1. The molecule has 1 heterocycles. The molecule has 0 bridgehead atoms. The highest BCUT2D eigenvalue weighted by molar-refractivity contribution is 7.11. The van der Waals surface area contributed by atoms with Gasteiger partial charge in [0.05, 0.1) is 12.1 Å². The quantitative estimate of drug-likeness (QED) is 0.716. The number of carbonyl (C=O) groups excluding carboxylic acids is 1. The molecule has 0 aliphatic rings. The fraction of sp³-hybridized carbons (Fsp3) is 0.700. The third-order valence-corrected chi connectivity index (χ3v) is 2.94. The predicted molar refractivity (Wildman–Crippen MR) is 66.0 cm³/mol. The van der Waals surface area contributed by atoms with Crippen LogP contribution in [-0.2, 0) is 6.42 Å². The molecule has 1 rings (SSSR count). The average molecular weight is 258 g/mol. The van der Waals surface area contributed by atoms with Crippen molar-refractivity contribution in [3.8, 4) is 0 Å². The number of aliphatic hydroxyl groups is 1. The number of nitrogens with zero attached hydrogens (tertiary/aromatic N) is 2. The van der Waals surface area contributed by atoms with E-state index in [-0.39, 0.29) is 12.6 Å². The van der Waals surface area contributed by atoms with Crippen LogP contribution in [0.15, 0.2) is 0 Å². The fourth-order valence-corrected chi connectivity index (χ4v) is 1.82. The zero-order chi connectivity index (χ0) is 12.9. The molecule has 17 heavy (non-hydrogen) atoms. The molecule has 96 valence electrons. The van der Waals surface area contributed by atoms with Crippen LogP contribution in [-0.4, -0.2) is 40.0 Å². The molecule has 0 aliphatic carbocycles. The second kappa shape index (κ2) is 5.92. The average Bonchev–Trinajstić information content (AvgIpc) is 2.63. The molecule has 7 heteroatoms. The normalized spacial score (nSPS) is 11.3. The summed E-state index contributed by atoms with van der Waals surface area (Å²) in [5, 5.41) is 24.0. The predicted octanol–water partition coefficient (Wildman–Crippen LogP) is 0.459. The van der Waals surface area contributed by atoms with E-state index in [0.29, 0.717) is 13.0 Å². The van der Waals surface area contributed by atoms with E-state index in [4.69, 9.17) is 5.11 Å². The van der Waals surface area contributed by atoms with Gasteiger partial charge in [0, 0.05) is 13.0 Å². The first-order valence-electron chi connectivity index (χ1n) is 5.39. The van der Waals surface area contributed by atoms with Gasteiger partial charge in [0.15, 0.2) is 0 Å². The SMILES string of the molecule is Cc1nnc(CCNC(=O)NC(C)(C)CO)s1. The maximum atomic E-state index is 11.4. The van der Waals surface area contributed by atoms with Crippen molar-refractivity contribution in [1.82, 2.24) is 20.8 Å². The van der Waals surface area contributed by atoms with Crippen LogP contribution in [0.4, 0.5) is 4.79 Å². The topological polar surface area (TPSA) is 87.1 Å². The number of nitrogens with one attached hydrogen (secondary N) is 2. The summed E-state index contributed by atoms with van der Waals surface area (Å²) in [6.45, 7) is 5.80. The number of amides is 2. The molecule has 2 amide bonds. The summed E-state index contributed by atoms with van der Waals surface area (Å²) in [4.78, 5) is 11.4. The van der Waals surface area contributed by atoms with Gasteiger partial charge in [0.25, 0.3) is 0 Å². The van der Waals surface area contributed by atoms with Crippen LogP contribution in [0.2, 0.25) is 0 Å². The van der Waals surface area contributed by atoms with Gasteiger partial charge >= 0.3 is 6.03 Å². The molecular weight excluding hydrogens is 240 g/mol. The second-order valence-electron chi connectivity index (χ2n) is 4.39. The molecule has 0 radical (unpaired) electrons. The molecule has 1 aromatic rings. The fourth-order valence-electron chi connectivity index (χ4n) is 1.11. The maximum absolute atomic E-state index is 11.4. The van der Waals surface area contributed by atoms with Gasteiger partial charge in [-0.1, -0.05) is 0 Å². The zero-order valence-electron chi connectivity index (χ0n) is 10.3. The summed E-state index contributed by atoms with van der Waals surface area (Å²) in [5.41, 5.74) is -0.608. The standard InChI is InChI=1S/C10H18N4O2S/c1-7-13-14-8(17-7)4-5-11-9(16)12-10(2,3)6-15/h15H,4-6H2,1-3H3,(H2,11,12,16). The Morgan fingerprint density at radius 3 is 2.71 bits per heavy atom. The summed E-state index contributed by atoms with van der Waals surface area (Å²) in [5.74, 6) is 0. The number of carbonyl (C=O) groups is 1. The van der Waals surface area contributed by atoms with Gasteiger partial charge in [0.1, 0.15) is 10.0 Å². The summed E-state index contributed by atoms with van der Waals surface area (Å²) >= 11 is 1.52. The molecule has 1 aromatic heterocycles. The summed E-state index contributed by atoms with van der Waals surface area (Å²) in [6, 6.07) is -0.287. The molecule has 0 unspecified atom stereocenters. The highest BCUT2D eigenvalue weighted by Gasteiger charge is 2.18. The Bertz CT molecular complexity index is 378. The Morgan fingerprint density at radius 1 is 1.47 bits per heavy atom. The molecular formula is C10H18N4O2S. The van der Waals surface area contributed by atoms with Crippen molar-refractivity contribution in [2.45, 2.75) is 32.7 Å². The first kappa shape index (κ1) is 13.9. The number of aromatic nitrogens is 2. The number of hydrogen-bond donors (Lipinski definition) is 3. The highest BCUT2D eigenvalue weighted by Crippen LogP contribution is 2.07. The van der Waals surface area contributed by atoms with Crippen molar-refractivity contribution in [3.63, 3.8) is 0 Å². The molecule has 0 saturated carbocycles. The van der Waals surface area contributed by atoms with Crippen molar-refractivity contribution in [3.05, 3.63) is 10.0 Å². The molecule has 0 spiro atoms. The van der Waals surface area contributed by atoms with Crippen molar-refractivity contribution >= 4 is 17.4 Å². The molecule has 0 aliphatic heterocycles. The van der Waals surface area contributed by atoms with E-state index in [1.54, 1.807) is 13.8 Å². The molecule has 3 N–H and O–H groups in total. The third-order valence-electron chi connectivity index (χ3n) is 2.04. The van der Waals surface area contributed by atoms with E-state index in [0.717, 1.165) is 10.0 Å². The molecule has 6 nitrogen and oxygen atoms in total. The largest absolute Gasteiger partial charge is 0.394 e. The van der Waals surface area contributed by atoms with Gasteiger partial charge in [-0.2, -0.15) is 0 Å².